The Hall–Kier alpha value is -2.38. The monoisotopic (exact) mass is 416 g/mol. The third-order valence-electron chi connectivity index (χ3n) is 4.82. The summed E-state index contributed by atoms with van der Waals surface area (Å²) in [6.07, 6.45) is 1.66. The van der Waals surface area contributed by atoms with Crippen molar-refractivity contribution in [3.8, 4) is 0 Å². The number of rotatable bonds is 6. The Morgan fingerprint density at radius 2 is 1.93 bits per heavy atom. The second-order valence-electron chi connectivity index (χ2n) is 6.69. The number of nitrogens with zero attached hydrogens (tertiary/aromatic N) is 4. The number of aromatic nitrogens is 4. The van der Waals surface area contributed by atoms with Crippen LogP contribution in [0.15, 0.2) is 30.5 Å². The molecule has 0 atom stereocenters. The van der Waals surface area contributed by atoms with Crippen LogP contribution in [0.3, 0.4) is 0 Å². The number of hydrogen-bond donors (Lipinski definition) is 2. The van der Waals surface area contributed by atoms with E-state index < -0.39 is 0 Å². The van der Waals surface area contributed by atoms with Gasteiger partial charge in [0.15, 0.2) is 5.11 Å². The van der Waals surface area contributed by atoms with Gasteiger partial charge in [-0.1, -0.05) is 35.9 Å². The molecule has 2 N–H and O–H groups in total. The predicted molar refractivity (Wildman–Crippen MR) is 118 cm³/mol. The molecular formula is C20H25ClN6S. The average Bonchev–Trinajstić information content (AvgIpc) is 3.16. The van der Waals surface area contributed by atoms with Crippen LogP contribution in [0.5, 0.6) is 0 Å². The van der Waals surface area contributed by atoms with Crippen LogP contribution in [-0.2, 0) is 19.6 Å². The van der Waals surface area contributed by atoms with E-state index in [9.17, 15) is 0 Å². The van der Waals surface area contributed by atoms with Gasteiger partial charge in [-0.15, -0.1) is 0 Å². The first kappa shape index (κ1) is 20.4. The largest absolute Gasteiger partial charge is 0.357 e. The molecule has 3 rings (SSSR count). The molecule has 0 spiro atoms. The van der Waals surface area contributed by atoms with Gasteiger partial charge in [-0.05, 0) is 51.0 Å². The van der Waals surface area contributed by atoms with Crippen LogP contribution in [0.1, 0.15) is 35.1 Å². The van der Waals surface area contributed by atoms with E-state index in [0.717, 1.165) is 35.9 Å². The summed E-state index contributed by atoms with van der Waals surface area (Å²) in [6.45, 7) is 10.2. The van der Waals surface area contributed by atoms with E-state index in [0.29, 0.717) is 16.7 Å². The van der Waals surface area contributed by atoms with Crippen molar-refractivity contribution in [3.63, 3.8) is 0 Å². The van der Waals surface area contributed by atoms with Gasteiger partial charge in [-0.2, -0.15) is 10.2 Å². The van der Waals surface area contributed by atoms with Gasteiger partial charge in [0.05, 0.1) is 47.1 Å². The molecule has 0 saturated carbocycles. The highest BCUT2D eigenvalue weighted by molar-refractivity contribution is 7.80. The van der Waals surface area contributed by atoms with Crippen molar-refractivity contribution in [2.45, 2.75) is 47.3 Å². The van der Waals surface area contributed by atoms with Crippen molar-refractivity contribution < 1.29 is 0 Å². The van der Waals surface area contributed by atoms with Crippen LogP contribution in [0.25, 0.3) is 0 Å². The van der Waals surface area contributed by atoms with E-state index in [2.05, 4.69) is 46.0 Å². The lowest BCUT2D eigenvalue weighted by atomic mass is 10.1. The molecule has 3 aromatic rings. The minimum atomic E-state index is 0.508. The maximum Gasteiger partial charge on any atom is 0.171 e. The van der Waals surface area contributed by atoms with Crippen LogP contribution in [0.2, 0.25) is 5.02 Å². The lowest BCUT2D eigenvalue weighted by molar-refractivity contribution is 0.614. The smallest absolute Gasteiger partial charge is 0.171 e. The van der Waals surface area contributed by atoms with Gasteiger partial charge in [0.25, 0.3) is 0 Å². The molecule has 8 heteroatoms. The standard InChI is InChI=1S/C20H25ClN6S/c1-5-26-18(17(21)10-23-26)11-22-20(28)24-19-14(3)25-27(15(19)4)12-16-9-7-6-8-13(16)2/h6-10H,5,11-12H2,1-4H3,(H2,22,24,28). The zero-order valence-corrected chi connectivity index (χ0v) is 18.2. The maximum atomic E-state index is 6.21. The van der Waals surface area contributed by atoms with Gasteiger partial charge >= 0.3 is 0 Å². The number of anilines is 1. The molecule has 0 amide bonds. The summed E-state index contributed by atoms with van der Waals surface area (Å²) in [7, 11) is 0. The van der Waals surface area contributed by atoms with E-state index in [1.807, 2.05) is 36.2 Å². The minimum Gasteiger partial charge on any atom is -0.357 e. The molecule has 0 aliphatic heterocycles. The van der Waals surface area contributed by atoms with E-state index in [1.165, 1.54) is 11.1 Å². The van der Waals surface area contributed by atoms with Crippen LogP contribution >= 0.6 is 23.8 Å². The predicted octanol–water partition coefficient (Wildman–Crippen LogP) is 4.21. The van der Waals surface area contributed by atoms with Crippen molar-refractivity contribution in [2.24, 2.45) is 0 Å². The van der Waals surface area contributed by atoms with Crippen LogP contribution in [0, 0.1) is 20.8 Å². The molecule has 28 heavy (non-hydrogen) atoms. The molecular weight excluding hydrogens is 392 g/mol. The third kappa shape index (κ3) is 4.36. The fourth-order valence-corrected chi connectivity index (χ4v) is 3.52. The lowest BCUT2D eigenvalue weighted by Crippen LogP contribution is -2.29. The average molecular weight is 417 g/mol. The van der Waals surface area contributed by atoms with E-state index in [-0.39, 0.29) is 0 Å². The second-order valence-corrected chi connectivity index (χ2v) is 7.51. The minimum absolute atomic E-state index is 0.508. The Morgan fingerprint density at radius 3 is 2.64 bits per heavy atom. The highest BCUT2D eigenvalue weighted by Gasteiger charge is 2.14. The number of benzene rings is 1. The summed E-state index contributed by atoms with van der Waals surface area (Å²) in [5, 5.41) is 16.6. The van der Waals surface area contributed by atoms with Crippen molar-refractivity contribution >= 4 is 34.6 Å². The first-order valence-corrected chi connectivity index (χ1v) is 10.0. The first-order valence-electron chi connectivity index (χ1n) is 9.24. The van der Waals surface area contributed by atoms with Gasteiger partial charge in [0, 0.05) is 6.54 Å². The van der Waals surface area contributed by atoms with Gasteiger partial charge in [0.2, 0.25) is 0 Å². The summed E-state index contributed by atoms with van der Waals surface area (Å²) < 4.78 is 3.86. The molecule has 0 fully saturated rings. The molecule has 148 valence electrons. The zero-order chi connectivity index (χ0) is 20.3. The molecule has 2 heterocycles. The van der Waals surface area contributed by atoms with E-state index in [1.54, 1.807) is 6.20 Å². The molecule has 2 aromatic heterocycles. The third-order valence-corrected chi connectivity index (χ3v) is 5.38. The Bertz CT molecular complexity index is 991. The van der Waals surface area contributed by atoms with Gasteiger partial charge < -0.3 is 10.6 Å². The number of aryl methyl sites for hydroxylation is 3. The topological polar surface area (TPSA) is 59.7 Å². The molecule has 0 radical (unpaired) electrons. The van der Waals surface area contributed by atoms with Crippen molar-refractivity contribution in [2.75, 3.05) is 5.32 Å². The Balaban J connectivity index is 1.69. The van der Waals surface area contributed by atoms with Crippen LogP contribution in [0.4, 0.5) is 5.69 Å². The highest BCUT2D eigenvalue weighted by Crippen LogP contribution is 2.21. The molecule has 1 aromatic carbocycles. The number of halogens is 1. The van der Waals surface area contributed by atoms with Crippen molar-refractivity contribution in [3.05, 3.63) is 63.7 Å². The van der Waals surface area contributed by atoms with E-state index >= 15 is 0 Å². The maximum absolute atomic E-state index is 6.21. The molecule has 6 nitrogen and oxygen atoms in total. The van der Waals surface area contributed by atoms with Crippen molar-refractivity contribution in [1.82, 2.24) is 24.9 Å². The fraction of sp³-hybridized carbons (Fsp3) is 0.350. The van der Waals surface area contributed by atoms with Crippen LogP contribution in [-0.4, -0.2) is 24.7 Å². The van der Waals surface area contributed by atoms with Crippen molar-refractivity contribution in [1.29, 1.82) is 0 Å². The van der Waals surface area contributed by atoms with E-state index in [4.69, 9.17) is 23.8 Å². The molecule has 0 bridgehead atoms. The number of thiocarbonyl (C=S) groups is 1. The summed E-state index contributed by atoms with van der Waals surface area (Å²) in [6, 6.07) is 8.35. The Kier molecular flexibility index (Phi) is 6.36. The summed E-state index contributed by atoms with van der Waals surface area (Å²) in [5.41, 5.74) is 6.31. The molecule has 0 unspecified atom stereocenters. The molecule has 0 aliphatic carbocycles. The Labute approximate surface area is 175 Å². The van der Waals surface area contributed by atoms with Gasteiger partial charge in [-0.3, -0.25) is 9.36 Å². The quantitative estimate of drug-likeness (QED) is 0.589. The lowest BCUT2D eigenvalue weighted by Gasteiger charge is -2.12. The summed E-state index contributed by atoms with van der Waals surface area (Å²) >= 11 is 11.7. The van der Waals surface area contributed by atoms with Gasteiger partial charge in [0.1, 0.15) is 0 Å². The number of hydrogen-bond acceptors (Lipinski definition) is 3. The van der Waals surface area contributed by atoms with Gasteiger partial charge in [-0.25, -0.2) is 0 Å². The normalized spacial score (nSPS) is 10.9. The fourth-order valence-electron chi connectivity index (χ4n) is 3.14. The number of nitrogens with one attached hydrogen (secondary N) is 2. The van der Waals surface area contributed by atoms with Crippen LogP contribution < -0.4 is 10.6 Å². The first-order chi connectivity index (χ1) is 13.4. The summed E-state index contributed by atoms with van der Waals surface area (Å²) in [4.78, 5) is 0. The second kappa shape index (κ2) is 8.75. The summed E-state index contributed by atoms with van der Waals surface area (Å²) in [5.74, 6) is 0. The zero-order valence-electron chi connectivity index (χ0n) is 16.6. The molecule has 0 aliphatic rings. The SMILES string of the molecule is CCn1ncc(Cl)c1CNC(=S)Nc1c(C)nn(Cc2ccccc2C)c1C. The Morgan fingerprint density at radius 1 is 1.18 bits per heavy atom. The highest BCUT2D eigenvalue weighted by atomic mass is 35.5. The molecule has 0 saturated heterocycles.